The van der Waals surface area contributed by atoms with Crippen LogP contribution in [0.25, 0.3) is 11.0 Å². The van der Waals surface area contributed by atoms with E-state index in [4.69, 9.17) is 4.98 Å². The zero-order valence-electron chi connectivity index (χ0n) is 21.3. The molecule has 0 radical (unpaired) electrons. The molecule has 2 fully saturated rings. The second-order valence-corrected chi connectivity index (χ2v) is 10.4. The number of pyridine rings is 1. The van der Waals surface area contributed by atoms with Crippen molar-refractivity contribution in [3.63, 3.8) is 0 Å². The van der Waals surface area contributed by atoms with Crippen molar-refractivity contribution in [2.24, 2.45) is 11.8 Å². The standard InChI is InChI=1S/C28H38N6O/c1-4-20(2)21-5-10-25(11-6-21)34-26(35)14-7-22-19-29-28(31-27(22)34)30-23-8-12-24(13-9-23)33-17-15-32(3)16-18-33/h7-9,12-14,19-21,25H,4-6,10-11,15-18H2,1-3H3,(H,29,30,31). The Morgan fingerprint density at radius 1 is 1.00 bits per heavy atom. The molecule has 1 aliphatic carbocycles. The van der Waals surface area contributed by atoms with Crippen LogP contribution in [-0.2, 0) is 0 Å². The van der Waals surface area contributed by atoms with Gasteiger partial charge in [0.25, 0.3) is 5.56 Å². The van der Waals surface area contributed by atoms with Crippen LogP contribution in [0.5, 0.6) is 0 Å². The van der Waals surface area contributed by atoms with Crippen molar-refractivity contribution < 1.29 is 0 Å². The van der Waals surface area contributed by atoms with Crippen LogP contribution < -0.4 is 15.8 Å². The van der Waals surface area contributed by atoms with Crippen molar-refractivity contribution in [1.29, 1.82) is 0 Å². The molecule has 1 saturated heterocycles. The highest BCUT2D eigenvalue weighted by Crippen LogP contribution is 2.37. The Morgan fingerprint density at radius 3 is 2.40 bits per heavy atom. The minimum atomic E-state index is 0.0330. The quantitative estimate of drug-likeness (QED) is 0.538. The number of nitrogens with zero attached hydrogens (tertiary/aromatic N) is 5. The van der Waals surface area contributed by atoms with Crippen molar-refractivity contribution in [1.82, 2.24) is 19.4 Å². The summed E-state index contributed by atoms with van der Waals surface area (Å²) in [7, 11) is 2.17. The van der Waals surface area contributed by atoms with E-state index in [1.54, 1.807) is 6.07 Å². The molecule has 3 heterocycles. The van der Waals surface area contributed by atoms with Crippen LogP contribution in [0.15, 0.2) is 47.4 Å². The molecule has 0 bridgehead atoms. The van der Waals surface area contributed by atoms with Crippen molar-refractivity contribution >= 4 is 28.4 Å². The lowest BCUT2D eigenvalue weighted by Gasteiger charge is -2.34. The molecule has 1 aliphatic heterocycles. The summed E-state index contributed by atoms with van der Waals surface area (Å²) in [4.78, 5) is 27.1. The Labute approximate surface area is 208 Å². The lowest BCUT2D eigenvalue weighted by molar-refractivity contribution is 0.212. The number of hydrogen-bond donors (Lipinski definition) is 1. The SMILES string of the molecule is CCC(C)C1CCC(n2c(=O)ccc3cnc(Nc4ccc(N5CCN(C)CC5)cc4)nc32)CC1. The first-order valence-corrected chi connectivity index (χ1v) is 13.2. The molecular formula is C28H38N6O. The molecule has 1 unspecified atom stereocenters. The summed E-state index contributed by atoms with van der Waals surface area (Å²) in [5.41, 5.74) is 2.95. The fourth-order valence-corrected chi connectivity index (χ4v) is 5.66. The summed E-state index contributed by atoms with van der Waals surface area (Å²) in [6.45, 7) is 8.91. The number of fused-ring (bicyclic) bond motifs is 1. The monoisotopic (exact) mass is 474 g/mol. The predicted octanol–water partition coefficient (Wildman–Crippen LogP) is 5.06. The first-order valence-electron chi connectivity index (χ1n) is 13.2. The molecule has 5 rings (SSSR count). The van der Waals surface area contributed by atoms with Gasteiger partial charge in [-0.2, -0.15) is 4.98 Å². The Hall–Kier alpha value is -2.93. The molecule has 2 aromatic heterocycles. The van der Waals surface area contributed by atoms with Gasteiger partial charge in [0.15, 0.2) is 0 Å². The van der Waals surface area contributed by atoms with Crippen LogP contribution in [0, 0.1) is 11.8 Å². The van der Waals surface area contributed by atoms with Gasteiger partial charge in [0.05, 0.1) is 0 Å². The number of benzene rings is 1. The molecule has 0 amide bonds. The zero-order valence-corrected chi connectivity index (χ0v) is 21.3. The first-order chi connectivity index (χ1) is 17.0. The van der Waals surface area contributed by atoms with E-state index >= 15 is 0 Å². The molecule has 2 aliphatic rings. The minimum Gasteiger partial charge on any atom is -0.369 e. The van der Waals surface area contributed by atoms with Crippen LogP contribution in [0.4, 0.5) is 17.3 Å². The maximum atomic E-state index is 13.0. The van der Waals surface area contributed by atoms with Gasteiger partial charge in [-0.15, -0.1) is 0 Å². The van der Waals surface area contributed by atoms with Crippen LogP contribution in [0.3, 0.4) is 0 Å². The highest BCUT2D eigenvalue weighted by molar-refractivity contribution is 5.76. The molecule has 186 valence electrons. The number of nitrogens with one attached hydrogen (secondary N) is 1. The molecule has 1 N–H and O–H groups in total. The highest BCUT2D eigenvalue weighted by Gasteiger charge is 2.27. The van der Waals surface area contributed by atoms with E-state index in [0.717, 1.165) is 67.6 Å². The van der Waals surface area contributed by atoms with Gasteiger partial charge in [0.1, 0.15) is 5.65 Å². The van der Waals surface area contributed by atoms with E-state index < -0.39 is 0 Å². The average Bonchev–Trinajstić information content (AvgIpc) is 2.89. The predicted molar refractivity (Wildman–Crippen MR) is 144 cm³/mol. The van der Waals surface area contributed by atoms with Gasteiger partial charge >= 0.3 is 0 Å². The second kappa shape index (κ2) is 10.4. The van der Waals surface area contributed by atoms with Crippen molar-refractivity contribution in [3.05, 3.63) is 52.9 Å². The van der Waals surface area contributed by atoms with Gasteiger partial charge in [-0.3, -0.25) is 9.36 Å². The second-order valence-electron chi connectivity index (χ2n) is 10.4. The number of likely N-dealkylation sites (N-methyl/N-ethyl adjacent to an activating group) is 1. The van der Waals surface area contributed by atoms with Gasteiger partial charge in [0.2, 0.25) is 5.95 Å². The van der Waals surface area contributed by atoms with Crippen molar-refractivity contribution in [2.75, 3.05) is 43.4 Å². The summed E-state index contributed by atoms with van der Waals surface area (Å²) < 4.78 is 1.92. The number of aromatic nitrogens is 3. The van der Waals surface area contributed by atoms with E-state index in [-0.39, 0.29) is 11.6 Å². The summed E-state index contributed by atoms with van der Waals surface area (Å²) in [6.07, 6.45) is 7.48. The van der Waals surface area contributed by atoms with Gasteiger partial charge < -0.3 is 15.1 Å². The largest absolute Gasteiger partial charge is 0.369 e. The minimum absolute atomic E-state index is 0.0330. The molecule has 35 heavy (non-hydrogen) atoms. The van der Waals surface area contributed by atoms with E-state index in [9.17, 15) is 4.79 Å². The fourth-order valence-electron chi connectivity index (χ4n) is 5.66. The number of anilines is 3. The third-order valence-electron chi connectivity index (χ3n) is 8.21. The van der Waals surface area contributed by atoms with Crippen LogP contribution in [-0.4, -0.2) is 52.7 Å². The maximum absolute atomic E-state index is 13.0. The first kappa shape index (κ1) is 23.8. The van der Waals surface area contributed by atoms with Gasteiger partial charge in [-0.05, 0) is 74.9 Å². The lowest BCUT2D eigenvalue weighted by Crippen LogP contribution is -2.44. The normalized spacial score (nSPS) is 22.3. The van der Waals surface area contributed by atoms with E-state index in [0.29, 0.717) is 5.95 Å². The molecule has 1 saturated carbocycles. The average molecular weight is 475 g/mol. The molecule has 3 aromatic rings. The molecule has 0 spiro atoms. The third-order valence-corrected chi connectivity index (χ3v) is 8.21. The highest BCUT2D eigenvalue weighted by atomic mass is 16.1. The molecule has 1 atom stereocenters. The maximum Gasteiger partial charge on any atom is 0.252 e. The lowest BCUT2D eigenvalue weighted by atomic mass is 9.78. The Morgan fingerprint density at radius 2 is 1.71 bits per heavy atom. The summed E-state index contributed by atoms with van der Waals surface area (Å²) in [5, 5.41) is 4.26. The topological polar surface area (TPSA) is 66.3 Å². The van der Waals surface area contributed by atoms with Crippen molar-refractivity contribution in [3.8, 4) is 0 Å². The number of piperazine rings is 1. The summed E-state index contributed by atoms with van der Waals surface area (Å²) in [6, 6.07) is 12.2. The smallest absolute Gasteiger partial charge is 0.252 e. The summed E-state index contributed by atoms with van der Waals surface area (Å²) >= 11 is 0. The van der Waals surface area contributed by atoms with E-state index in [1.807, 2.05) is 16.8 Å². The van der Waals surface area contributed by atoms with Gasteiger partial charge in [-0.25, -0.2) is 4.98 Å². The fraction of sp³-hybridized carbons (Fsp3) is 0.536. The van der Waals surface area contributed by atoms with Gasteiger partial charge in [0, 0.05) is 61.2 Å². The Kier molecular flexibility index (Phi) is 7.04. The van der Waals surface area contributed by atoms with Crippen LogP contribution in [0.1, 0.15) is 52.0 Å². The number of rotatable bonds is 6. The summed E-state index contributed by atoms with van der Waals surface area (Å²) in [5.74, 6) is 2.04. The Balaban J connectivity index is 1.34. The van der Waals surface area contributed by atoms with Gasteiger partial charge in [-0.1, -0.05) is 20.3 Å². The third kappa shape index (κ3) is 5.20. The number of hydrogen-bond acceptors (Lipinski definition) is 6. The Bertz CT molecular complexity index is 1190. The van der Waals surface area contributed by atoms with E-state index in [1.165, 1.54) is 24.9 Å². The van der Waals surface area contributed by atoms with Crippen LogP contribution in [0.2, 0.25) is 0 Å². The van der Waals surface area contributed by atoms with Crippen LogP contribution >= 0.6 is 0 Å². The zero-order chi connectivity index (χ0) is 24.4. The van der Waals surface area contributed by atoms with Crippen molar-refractivity contribution in [2.45, 2.75) is 52.0 Å². The molecule has 1 aromatic carbocycles. The molecular weight excluding hydrogens is 436 g/mol. The van der Waals surface area contributed by atoms with E-state index in [2.05, 4.69) is 65.3 Å². The molecule has 7 heteroatoms. The molecule has 7 nitrogen and oxygen atoms in total.